The lowest BCUT2D eigenvalue weighted by Gasteiger charge is -2.16. The average Bonchev–Trinajstić information content (AvgIpc) is 3.34. The van der Waals surface area contributed by atoms with Crippen LogP contribution >= 0.6 is 27.3 Å². The van der Waals surface area contributed by atoms with Crippen molar-refractivity contribution in [1.82, 2.24) is 4.98 Å². The normalized spacial score (nSPS) is 13.5. The molecular formula is C22H17BrN2O2S. The molecule has 4 nitrogen and oxygen atoms in total. The molecule has 0 atom stereocenters. The Labute approximate surface area is 174 Å². The van der Waals surface area contributed by atoms with Gasteiger partial charge in [0.15, 0.2) is 10.9 Å². The molecule has 0 unspecified atom stereocenters. The van der Waals surface area contributed by atoms with Gasteiger partial charge in [-0.2, -0.15) is 0 Å². The quantitative estimate of drug-likeness (QED) is 0.388. The maximum absolute atomic E-state index is 12.6. The van der Waals surface area contributed by atoms with Crippen molar-refractivity contribution in [3.63, 3.8) is 0 Å². The van der Waals surface area contributed by atoms with E-state index in [4.69, 9.17) is 4.42 Å². The van der Waals surface area contributed by atoms with Gasteiger partial charge < -0.3 is 4.42 Å². The number of halogens is 1. The van der Waals surface area contributed by atoms with Gasteiger partial charge in [0.05, 0.1) is 5.69 Å². The Hall–Kier alpha value is -2.44. The third-order valence-electron chi connectivity index (χ3n) is 5.07. The Kier molecular flexibility index (Phi) is 4.53. The smallest absolute Gasteiger partial charge is 0.293 e. The summed E-state index contributed by atoms with van der Waals surface area (Å²) >= 11 is 4.85. The summed E-state index contributed by atoms with van der Waals surface area (Å²) in [5.74, 6) is -0.0164. The van der Waals surface area contributed by atoms with Gasteiger partial charge in [0.25, 0.3) is 5.91 Å². The zero-order chi connectivity index (χ0) is 19.1. The van der Waals surface area contributed by atoms with Crippen molar-refractivity contribution in [1.29, 1.82) is 0 Å². The number of aromatic nitrogens is 1. The van der Waals surface area contributed by atoms with E-state index in [2.05, 4.69) is 44.4 Å². The largest absolute Gasteiger partial charge is 0.451 e. The molecule has 140 valence electrons. The first kappa shape index (κ1) is 17.6. The van der Waals surface area contributed by atoms with Crippen LogP contribution in [0.3, 0.4) is 0 Å². The van der Waals surface area contributed by atoms with Gasteiger partial charge in [-0.3, -0.25) is 10.1 Å². The SMILES string of the molecule is O=C(Nc1nc(-c2ccc3c(c2)CCCC3)cs1)c1cc2cc(Br)ccc2o1. The van der Waals surface area contributed by atoms with E-state index in [0.29, 0.717) is 10.7 Å². The molecule has 0 fully saturated rings. The van der Waals surface area contributed by atoms with Crippen LogP contribution in [0.5, 0.6) is 0 Å². The summed E-state index contributed by atoms with van der Waals surface area (Å²) in [6.07, 6.45) is 4.84. The van der Waals surface area contributed by atoms with E-state index in [1.807, 2.05) is 23.6 Å². The zero-order valence-corrected chi connectivity index (χ0v) is 17.4. The van der Waals surface area contributed by atoms with Gasteiger partial charge in [0, 0.05) is 20.8 Å². The minimum absolute atomic E-state index is 0.277. The molecule has 6 heteroatoms. The number of nitrogens with zero attached hydrogens (tertiary/aromatic N) is 1. The molecule has 2 aromatic heterocycles. The molecule has 4 aromatic rings. The maximum atomic E-state index is 12.6. The molecule has 0 aliphatic heterocycles. The lowest BCUT2D eigenvalue weighted by Crippen LogP contribution is -2.10. The lowest BCUT2D eigenvalue weighted by atomic mass is 9.90. The Balaban J connectivity index is 1.36. The van der Waals surface area contributed by atoms with E-state index in [9.17, 15) is 4.79 Å². The van der Waals surface area contributed by atoms with E-state index in [-0.39, 0.29) is 11.7 Å². The van der Waals surface area contributed by atoms with E-state index < -0.39 is 0 Å². The number of hydrogen-bond donors (Lipinski definition) is 1. The molecular weight excluding hydrogens is 436 g/mol. The van der Waals surface area contributed by atoms with Crippen LogP contribution in [0.4, 0.5) is 5.13 Å². The number of furan rings is 1. The highest BCUT2D eigenvalue weighted by atomic mass is 79.9. The first-order chi connectivity index (χ1) is 13.7. The second-order valence-electron chi connectivity index (χ2n) is 6.98. The number of benzene rings is 2. The maximum Gasteiger partial charge on any atom is 0.293 e. The van der Waals surface area contributed by atoms with Crippen LogP contribution in [-0.2, 0) is 12.8 Å². The highest BCUT2D eigenvalue weighted by molar-refractivity contribution is 9.10. The van der Waals surface area contributed by atoms with Gasteiger partial charge in [0.2, 0.25) is 0 Å². The predicted octanol–water partition coefficient (Wildman–Crippen LogP) is 6.45. The number of carbonyl (C=O) groups is 1. The van der Waals surface area contributed by atoms with Crippen molar-refractivity contribution in [2.45, 2.75) is 25.7 Å². The number of nitrogens with one attached hydrogen (secondary N) is 1. The molecule has 1 amide bonds. The second-order valence-corrected chi connectivity index (χ2v) is 8.75. The van der Waals surface area contributed by atoms with Gasteiger partial charge in [-0.15, -0.1) is 11.3 Å². The predicted molar refractivity (Wildman–Crippen MR) is 116 cm³/mol. The van der Waals surface area contributed by atoms with E-state index in [0.717, 1.165) is 27.5 Å². The van der Waals surface area contributed by atoms with Crippen molar-refractivity contribution >= 4 is 49.3 Å². The fraction of sp³-hybridized carbons (Fsp3) is 0.182. The summed E-state index contributed by atoms with van der Waals surface area (Å²) in [4.78, 5) is 17.2. The number of rotatable bonds is 3. The molecule has 0 bridgehead atoms. The zero-order valence-electron chi connectivity index (χ0n) is 15.0. The fourth-order valence-corrected chi connectivity index (χ4v) is 4.73. The molecule has 0 saturated carbocycles. The average molecular weight is 453 g/mol. The van der Waals surface area contributed by atoms with Gasteiger partial charge >= 0.3 is 0 Å². The van der Waals surface area contributed by atoms with Crippen molar-refractivity contribution in [2.24, 2.45) is 0 Å². The summed E-state index contributed by atoms with van der Waals surface area (Å²) in [5.41, 5.74) is 5.56. The van der Waals surface area contributed by atoms with Crippen molar-refractivity contribution in [2.75, 3.05) is 5.32 Å². The first-order valence-electron chi connectivity index (χ1n) is 9.24. The molecule has 1 aliphatic rings. The number of thiazole rings is 1. The fourth-order valence-electron chi connectivity index (χ4n) is 3.64. The number of fused-ring (bicyclic) bond motifs is 2. The van der Waals surface area contributed by atoms with Gasteiger partial charge in [0.1, 0.15) is 5.58 Å². The number of carbonyl (C=O) groups excluding carboxylic acids is 1. The minimum atomic E-state index is -0.293. The molecule has 28 heavy (non-hydrogen) atoms. The summed E-state index contributed by atoms with van der Waals surface area (Å²) in [6.45, 7) is 0. The van der Waals surface area contributed by atoms with Crippen molar-refractivity contribution in [3.8, 4) is 11.3 Å². The molecule has 2 aromatic carbocycles. The highest BCUT2D eigenvalue weighted by Gasteiger charge is 2.16. The van der Waals surface area contributed by atoms with Crippen LogP contribution in [-0.4, -0.2) is 10.9 Å². The third-order valence-corrected chi connectivity index (χ3v) is 6.32. The summed E-state index contributed by atoms with van der Waals surface area (Å²) < 4.78 is 6.60. The third kappa shape index (κ3) is 3.38. The summed E-state index contributed by atoms with van der Waals surface area (Å²) in [6, 6.07) is 14.0. The monoisotopic (exact) mass is 452 g/mol. The van der Waals surface area contributed by atoms with Gasteiger partial charge in [-0.05, 0) is 67.1 Å². The molecule has 0 spiro atoms. The standard InChI is InChI=1S/C22H17BrN2O2S/c23-17-7-8-19-16(10-17)11-20(27-19)21(26)25-22-24-18(12-28-22)15-6-5-13-3-1-2-4-14(13)9-15/h5-12H,1-4H2,(H,24,25,26). The van der Waals surface area contributed by atoms with Crippen LogP contribution in [0.1, 0.15) is 34.5 Å². The number of amides is 1. The first-order valence-corrected chi connectivity index (χ1v) is 10.9. The van der Waals surface area contributed by atoms with Gasteiger partial charge in [-0.25, -0.2) is 4.98 Å². The second kappa shape index (κ2) is 7.18. The molecule has 1 N–H and O–H groups in total. The Morgan fingerprint density at radius 2 is 1.93 bits per heavy atom. The number of hydrogen-bond acceptors (Lipinski definition) is 4. The lowest BCUT2D eigenvalue weighted by molar-refractivity contribution is 0.0998. The van der Waals surface area contributed by atoms with Crippen LogP contribution in [0.2, 0.25) is 0 Å². The van der Waals surface area contributed by atoms with E-state index in [1.165, 1.54) is 41.7 Å². The van der Waals surface area contributed by atoms with Crippen LogP contribution in [0, 0.1) is 0 Å². The Bertz CT molecular complexity index is 1190. The van der Waals surface area contributed by atoms with Crippen LogP contribution in [0.25, 0.3) is 22.2 Å². The summed E-state index contributed by atoms with van der Waals surface area (Å²) in [5, 5.41) is 6.28. The number of aryl methyl sites for hydroxylation is 2. The minimum Gasteiger partial charge on any atom is -0.451 e. The topological polar surface area (TPSA) is 55.1 Å². The van der Waals surface area contributed by atoms with Crippen molar-refractivity contribution < 1.29 is 9.21 Å². The molecule has 2 heterocycles. The number of anilines is 1. The van der Waals surface area contributed by atoms with Crippen molar-refractivity contribution in [3.05, 3.63) is 69.2 Å². The molecule has 0 saturated heterocycles. The Morgan fingerprint density at radius 3 is 2.82 bits per heavy atom. The van der Waals surface area contributed by atoms with E-state index in [1.54, 1.807) is 6.07 Å². The molecule has 5 rings (SSSR count). The summed E-state index contributed by atoms with van der Waals surface area (Å²) in [7, 11) is 0. The van der Waals surface area contributed by atoms with Crippen LogP contribution < -0.4 is 5.32 Å². The Morgan fingerprint density at radius 1 is 1.07 bits per heavy atom. The highest BCUT2D eigenvalue weighted by Crippen LogP contribution is 2.30. The van der Waals surface area contributed by atoms with Crippen LogP contribution in [0.15, 0.2) is 56.7 Å². The van der Waals surface area contributed by atoms with E-state index >= 15 is 0 Å². The molecule has 1 aliphatic carbocycles. The van der Waals surface area contributed by atoms with Gasteiger partial charge in [-0.1, -0.05) is 28.1 Å². The molecule has 0 radical (unpaired) electrons.